The summed E-state index contributed by atoms with van der Waals surface area (Å²) in [6.07, 6.45) is 2.75. The zero-order valence-electron chi connectivity index (χ0n) is 20.1. The van der Waals surface area contributed by atoms with E-state index in [1.807, 2.05) is 51.1 Å². The Labute approximate surface area is 210 Å². The fraction of sp³-hybridized carbons (Fsp3) is 0.308. The highest BCUT2D eigenvalue weighted by Gasteiger charge is 2.28. The lowest BCUT2D eigenvalue weighted by molar-refractivity contribution is -0.115. The van der Waals surface area contributed by atoms with Crippen LogP contribution in [0, 0.1) is 0 Å². The van der Waals surface area contributed by atoms with Crippen LogP contribution in [0.3, 0.4) is 0 Å². The molecule has 0 unspecified atom stereocenters. The molecular formula is C26H30N4O4S. The minimum Gasteiger partial charge on any atom is -0.444 e. The van der Waals surface area contributed by atoms with E-state index < -0.39 is 5.60 Å². The van der Waals surface area contributed by atoms with Gasteiger partial charge in [-0.15, -0.1) is 0 Å². The van der Waals surface area contributed by atoms with Gasteiger partial charge < -0.3 is 19.9 Å². The fourth-order valence-corrected chi connectivity index (χ4v) is 3.57. The van der Waals surface area contributed by atoms with Gasteiger partial charge in [-0.1, -0.05) is 30.3 Å². The Balaban J connectivity index is 1.46. The number of thiocarbonyl (C=S) groups is 1. The van der Waals surface area contributed by atoms with Crippen LogP contribution < -0.4 is 10.6 Å². The van der Waals surface area contributed by atoms with E-state index in [2.05, 4.69) is 10.6 Å². The molecular weight excluding hydrogens is 464 g/mol. The highest BCUT2D eigenvalue weighted by atomic mass is 32.1. The Morgan fingerprint density at radius 2 is 1.51 bits per heavy atom. The summed E-state index contributed by atoms with van der Waals surface area (Å²) >= 11 is 5.20. The van der Waals surface area contributed by atoms with Crippen molar-refractivity contribution in [3.05, 3.63) is 71.8 Å². The molecule has 0 saturated carbocycles. The molecule has 1 saturated heterocycles. The van der Waals surface area contributed by atoms with E-state index in [0.717, 1.165) is 5.56 Å². The summed E-state index contributed by atoms with van der Waals surface area (Å²) in [5.41, 5.74) is 1.53. The Morgan fingerprint density at radius 3 is 2.11 bits per heavy atom. The van der Waals surface area contributed by atoms with E-state index in [0.29, 0.717) is 37.4 Å². The van der Waals surface area contributed by atoms with Crippen LogP contribution in [0.15, 0.2) is 60.7 Å². The van der Waals surface area contributed by atoms with Crippen molar-refractivity contribution in [1.29, 1.82) is 0 Å². The monoisotopic (exact) mass is 494 g/mol. The molecule has 0 atom stereocenters. The number of carbonyl (C=O) groups is 3. The average Bonchev–Trinajstić information content (AvgIpc) is 2.82. The van der Waals surface area contributed by atoms with Crippen molar-refractivity contribution in [3.63, 3.8) is 0 Å². The molecule has 2 aromatic carbocycles. The Hall–Kier alpha value is -3.72. The summed E-state index contributed by atoms with van der Waals surface area (Å²) in [7, 11) is 0. The molecule has 0 aliphatic carbocycles. The highest BCUT2D eigenvalue weighted by Crippen LogP contribution is 2.15. The predicted octanol–water partition coefficient (Wildman–Crippen LogP) is 3.91. The summed E-state index contributed by atoms with van der Waals surface area (Å²) in [4.78, 5) is 40.5. The van der Waals surface area contributed by atoms with Crippen LogP contribution in [0.1, 0.15) is 36.7 Å². The lowest BCUT2D eigenvalue weighted by Gasteiger charge is -2.35. The van der Waals surface area contributed by atoms with Gasteiger partial charge in [-0.25, -0.2) is 4.79 Å². The van der Waals surface area contributed by atoms with Crippen molar-refractivity contribution in [1.82, 2.24) is 15.1 Å². The summed E-state index contributed by atoms with van der Waals surface area (Å²) in [5, 5.41) is 5.69. The zero-order chi connectivity index (χ0) is 25.4. The number of hydrogen-bond donors (Lipinski definition) is 2. The number of nitrogens with one attached hydrogen (secondary N) is 2. The first-order chi connectivity index (χ1) is 16.6. The molecule has 8 nitrogen and oxygen atoms in total. The van der Waals surface area contributed by atoms with Crippen LogP contribution >= 0.6 is 12.2 Å². The van der Waals surface area contributed by atoms with Gasteiger partial charge in [0.15, 0.2) is 5.11 Å². The molecule has 0 radical (unpaired) electrons. The molecule has 9 heteroatoms. The van der Waals surface area contributed by atoms with Gasteiger partial charge in [0.05, 0.1) is 0 Å². The summed E-state index contributed by atoms with van der Waals surface area (Å²) in [5.74, 6) is -0.453. The third kappa shape index (κ3) is 8.22. The van der Waals surface area contributed by atoms with Crippen LogP contribution in [0.4, 0.5) is 10.5 Å². The molecule has 35 heavy (non-hydrogen) atoms. The first-order valence-corrected chi connectivity index (χ1v) is 11.7. The van der Waals surface area contributed by atoms with Gasteiger partial charge >= 0.3 is 6.09 Å². The quantitative estimate of drug-likeness (QED) is 0.495. The third-order valence-corrected chi connectivity index (χ3v) is 5.28. The van der Waals surface area contributed by atoms with Crippen LogP contribution in [0.2, 0.25) is 0 Å². The van der Waals surface area contributed by atoms with Gasteiger partial charge in [-0.3, -0.25) is 14.9 Å². The largest absolute Gasteiger partial charge is 0.444 e. The maximum absolute atomic E-state index is 12.9. The Bertz CT molecular complexity index is 1090. The van der Waals surface area contributed by atoms with E-state index in [-0.39, 0.29) is 23.0 Å². The molecule has 1 heterocycles. The predicted molar refractivity (Wildman–Crippen MR) is 140 cm³/mol. The Kier molecular flexibility index (Phi) is 8.59. The van der Waals surface area contributed by atoms with E-state index >= 15 is 0 Å². The van der Waals surface area contributed by atoms with Crippen LogP contribution in [0.25, 0.3) is 6.08 Å². The molecule has 1 fully saturated rings. The minimum atomic E-state index is -0.552. The van der Waals surface area contributed by atoms with Gasteiger partial charge in [0.1, 0.15) is 5.60 Å². The van der Waals surface area contributed by atoms with Gasteiger partial charge in [0.2, 0.25) is 5.91 Å². The van der Waals surface area contributed by atoms with Crippen LogP contribution in [-0.2, 0) is 9.53 Å². The number of amides is 3. The maximum atomic E-state index is 12.9. The Morgan fingerprint density at radius 1 is 0.914 bits per heavy atom. The first kappa shape index (κ1) is 25.9. The van der Waals surface area contributed by atoms with Crippen LogP contribution in [-0.4, -0.2) is 64.6 Å². The molecule has 3 amide bonds. The van der Waals surface area contributed by atoms with E-state index in [1.165, 1.54) is 6.08 Å². The topological polar surface area (TPSA) is 91.0 Å². The van der Waals surface area contributed by atoms with E-state index in [9.17, 15) is 14.4 Å². The molecule has 1 aliphatic rings. The third-order valence-electron chi connectivity index (χ3n) is 5.07. The lowest BCUT2D eigenvalue weighted by atomic mass is 10.1. The smallest absolute Gasteiger partial charge is 0.410 e. The van der Waals surface area contributed by atoms with Crippen molar-refractivity contribution in [3.8, 4) is 0 Å². The van der Waals surface area contributed by atoms with Crippen molar-refractivity contribution in [2.24, 2.45) is 0 Å². The van der Waals surface area contributed by atoms with E-state index in [1.54, 1.807) is 40.1 Å². The summed E-state index contributed by atoms with van der Waals surface area (Å²) in [6, 6.07) is 16.3. The van der Waals surface area contributed by atoms with Crippen molar-refractivity contribution < 1.29 is 19.1 Å². The number of benzene rings is 2. The number of carbonyl (C=O) groups excluding carboxylic acids is 3. The zero-order valence-corrected chi connectivity index (χ0v) is 20.9. The molecule has 184 valence electrons. The normalized spacial score (nSPS) is 13.9. The number of anilines is 1. The second-order valence-corrected chi connectivity index (χ2v) is 9.43. The van der Waals surface area contributed by atoms with Gasteiger partial charge in [0.25, 0.3) is 5.91 Å². The molecule has 2 N–H and O–H groups in total. The minimum absolute atomic E-state index is 0.109. The van der Waals surface area contributed by atoms with Crippen LogP contribution in [0.5, 0.6) is 0 Å². The number of nitrogens with zero attached hydrogens (tertiary/aromatic N) is 2. The molecule has 0 bridgehead atoms. The van der Waals surface area contributed by atoms with Crippen molar-refractivity contribution in [2.45, 2.75) is 26.4 Å². The molecule has 0 spiro atoms. The summed E-state index contributed by atoms with van der Waals surface area (Å²) < 4.78 is 5.40. The standard InChI is InChI=1S/C26H30N4O4S/c1-26(2,3)34-25(33)30-17-15-29(16-18-30)23(32)20-10-12-21(13-11-20)27-24(35)28-22(31)14-9-19-7-5-4-6-8-19/h4-14H,15-18H2,1-3H3,(H2,27,28,31,35). The van der Waals surface area contributed by atoms with Gasteiger partial charge in [0, 0.05) is 43.5 Å². The van der Waals surface area contributed by atoms with Crippen molar-refractivity contribution >= 4 is 47.0 Å². The van der Waals surface area contributed by atoms with E-state index in [4.69, 9.17) is 17.0 Å². The number of hydrogen-bond acceptors (Lipinski definition) is 5. The molecule has 3 rings (SSSR count). The number of ether oxygens (including phenoxy) is 1. The van der Waals surface area contributed by atoms with Crippen molar-refractivity contribution in [2.75, 3.05) is 31.5 Å². The lowest BCUT2D eigenvalue weighted by Crippen LogP contribution is -2.51. The number of rotatable bonds is 4. The summed E-state index contributed by atoms with van der Waals surface area (Å²) in [6.45, 7) is 7.20. The molecule has 1 aliphatic heterocycles. The van der Waals surface area contributed by atoms with Gasteiger partial charge in [-0.05, 0) is 68.9 Å². The van der Waals surface area contributed by atoms with Gasteiger partial charge in [-0.2, -0.15) is 0 Å². The SMILES string of the molecule is CC(C)(C)OC(=O)N1CCN(C(=O)c2ccc(NC(=S)NC(=O)C=Cc3ccccc3)cc2)CC1. The second-order valence-electron chi connectivity index (χ2n) is 9.02. The highest BCUT2D eigenvalue weighted by molar-refractivity contribution is 7.80. The number of piperazine rings is 1. The first-order valence-electron chi connectivity index (χ1n) is 11.3. The maximum Gasteiger partial charge on any atom is 0.410 e. The molecule has 0 aromatic heterocycles. The average molecular weight is 495 g/mol. The fourth-order valence-electron chi connectivity index (χ4n) is 3.35. The molecule has 2 aromatic rings. The second kappa shape index (κ2) is 11.6.